The summed E-state index contributed by atoms with van der Waals surface area (Å²) in [7, 11) is 0. The summed E-state index contributed by atoms with van der Waals surface area (Å²) in [4.78, 5) is 27.7. The first-order valence-electron chi connectivity index (χ1n) is 8.15. The fourth-order valence-corrected chi connectivity index (χ4v) is 2.59. The van der Waals surface area contributed by atoms with E-state index in [0.29, 0.717) is 44.0 Å². The van der Waals surface area contributed by atoms with E-state index in [1.54, 1.807) is 37.8 Å². The van der Waals surface area contributed by atoms with Gasteiger partial charge in [-0.05, 0) is 38.5 Å². The van der Waals surface area contributed by atoms with Gasteiger partial charge in [0.1, 0.15) is 5.82 Å². The summed E-state index contributed by atoms with van der Waals surface area (Å²) >= 11 is 0. The first kappa shape index (κ1) is 18.2. The molecular weight excluding hydrogens is 313 g/mol. The van der Waals surface area contributed by atoms with Crippen LogP contribution in [0.15, 0.2) is 18.2 Å². The molecule has 1 aromatic carbocycles. The number of nitrogens with one attached hydrogen (secondary N) is 1. The van der Waals surface area contributed by atoms with Gasteiger partial charge in [-0.3, -0.25) is 9.69 Å². The summed E-state index contributed by atoms with van der Waals surface area (Å²) in [5.41, 5.74) is 0.983. The Hall–Kier alpha value is -2.15. The number of carbonyl (C=O) groups excluding carboxylic acids is 2. The molecule has 1 aliphatic heterocycles. The summed E-state index contributed by atoms with van der Waals surface area (Å²) in [6.07, 6.45) is -0.315. The molecule has 2 rings (SSSR count). The van der Waals surface area contributed by atoms with Crippen molar-refractivity contribution in [2.75, 3.05) is 38.1 Å². The van der Waals surface area contributed by atoms with Crippen LogP contribution < -0.4 is 5.32 Å². The topological polar surface area (TPSA) is 61.9 Å². The fraction of sp³-hybridized carbons (Fsp3) is 0.529. The molecule has 6 nitrogen and oxygen atoms in total. The summed E-state index contributed by atoms with van der Waals surface area (Å²) in [6, 6.07) is 4.27. The SMILES string of the molecule is CCOC(=O)N1CCN(C(C)C(=O)Nc2ccc(C)c(F)c2)CC1. The molecule has 1 heterocycles. The lowest BCUT2D eigenvalue weighted by Crippen LogP contribution is -2.54. The van der Waals surface area contributed by atoms with Gasteiger partial charge in [0.15, 0.2) is 0 Å². The second-order valence-electron chi connectivity index (χ2n) is 5.85. The van der Waals surface area contributed by atoms with Crippen LogP contribution in [0, 0.1) is 12.7 Å². The number of hydrogen-bond donors (Lipinski definition) is 1. The molecule has 1 N–H and O–H groups in total. The van der Waals surface area contributed by atoms with Gasteiger partial charge in [0, 0.05) is 31.9 Å². The maximum absolute atomic E-state index is 13.6. The van der Waals surface area contributed by atoms with Gasteiger partial charge in [0.2, 0.25) is 5.91 Å². The van der Waals surface area contributed by atoms with Crippen molar-refractivity contribution in [3.8, 4) is 0 Å². The average Bonchev–Trinajstić information content (AvgIpc) is 2.58. The van der Waals surface area contributed by atoms with Gasteiger partial charge in [0.05, 0.1) is 12.6 Å². The molecule has 0 bridgehead atoms. The molecule has 1 saturated heterocycles. The molecule has 1 atom stereocenters. The number of halogens is 1. The quantitative estimate of drug-likeness (QED) is 0.915. The third-order valence-corrected chi connectivity index (χ3v) is 4.21. The number of amides is 2. The third-order valence-electron chi connectivity index (χ3n) is 4.21. The minimum absolute atomic E-state index is 0.192. The standard InChI is InChI=1S/C17H24FN3O3/c1-4-24-17(23)21-9-7-20(8-10-21)13(3)16(22)19-14-6-5-12(2)15(18)11-14/h5-6,11,13H,4,7-10H2,1-3H3,(H,19,22). The van der Waals surface area contributed by atoms with E-state index < -0.39 is 0 Å². The highest BCUT2D eigenvalue weighted by Crippen LogP contribution is 2.15. The molecule has 1 aromatic rings. The van der Waals surface area contributed by atoms with Crippen LogP contribution in [0.2, 0.25) is 0 Å². The first-order valence-corrected chi connectivity index (χ1v) is 8.15. The number of rotatable bonds is 4. The Balaban J connectivity index is 1.87. The molecule has 24 heavy (non-hydrogen) atoms. The summed E-state index contributed by atoms with van der Waals surface area (Å²) < 4.78 is 18.5. The Kier molecular flexibility index (Phi) is 6.14. The Labute approximate surface area is 141 Å². The van der Waals surface area contributed by atoms with Crippen molar-refractivity contribution >= 4 is 17.7 Å². The van der Waals surface area contributed by atoms with Gasteiger partial charge >= 0.3 is 6.09 Å². The van der Waals surface area contributed by atoms with Crippen LogP contribution in [-0.2, 0) is 9.53 Å². The van der Waals surface area contributed by atoms with Gasteiger partial charge in [-0.2, -0.15) is 0 Å². The van der Waals surface area contributed by atoms with Crippen LogP contribution >= 0.6 is 0 Å². The average molecular weight is 337 g/mol. The summed E-state index contributed by atoms with van der Waals surface area (Å²) in [5.74, 6) is -0.536. The van der Waals surface area contributed by atoms with Gasteiger partial charge in [-0.25, -0.2) is 9.18 Å². The molecule has 0 aromatic heterocycles. The van der Waals surface area contributed by atoms with Gasteiger partial charge in [0.25, 0.3) is 0 Å². The number of piperazine rings is 1. The van der Waals surface area contributed by atoms with E-state index >= 15 is 0 Å². The predicted octanol–water partition coefficient (Wildman–Crippen LogP) is 2.24. The smallest absolute Gasteiger partial charge is 0.409 e. The van der Waals surface area contributed by atoms with E-state index in [-0.39, 0.29) is 23.9 Å². The summed E-state index contributed by atoms with van der Waals surface area (Å²) in [6.45, 7) is 7.84. The van der Waals surface area contributed by atoms with E-state index in [2.05, 4.69) is 5.32 Å². The zero-order valence-electron chi connectivity index (χ0n) is 14.3. The van der Waals surface area contributed by atoms with Crippen LogP contribution in [0.25, 0.3) is 0 Å². The lowest BCUT2D eigenvalue weighted by Gasteiger charge is -2.36. The molecule has 1 fully saturated rings. The van der Waals surface area contributed by atoms with Gasteiger partial charge in [-0.1, -0.05) is 6.07 Å². The lowest BCUT2D eigenvalue weighted by atomic mass is 10.2. The predicted molar refractivity (Wildman–Crippen MR) is 89.4 cm³/mol. The third kappa shape index (κ3) is 4.44. The van der Waals surface area contributed by atoms with Crippen molar-refractivity contribution in [1.29, 1.82) is 0 Å². The number of benzene rings is 1. The van der Waals surface area contributed by atoms with E-state index in [4.69, 9.17) is 4.74 Å². The van der Waals surface area contributed by atoms with Crippen LogP contribution in [0.1, 0.15) is 19.4 Å². The maximum Gasteiger partial charge on any atom is 0.409 e. The zero-order chi connectivity index (χ0) is 17.7. The number of aryl methyl sites for hydroxylation is 1. The molecule has 1 aliphatic rings. The van der Waals surface area contributed by atoms with Crippen molar-refractivity contribution < 1.29 is 18.7 Å². The molecule has 2 amide bonds. The van der Waals surface area contributed by atoms with Crippen molar-refractivity contribution in [3.05, 3.63) is 29.6 Å². The highest BCUT2D eigenvalue weighted by Gasteiger charge is 2.28. The largest absolute Gasteiger partial charge is 0.450 e. The summed E-state index contributed by atoms with van der Waals surface area (Å²) in [5, 5.41) is 2.74. The molecule has 132 valence electrons. The molecule has 0 aliphatic carbocycles. The fourth-order valence-electron chi connectivity index (χ4n) is 2.59. The normalized spacial score (nSPS) is 16.6. The molecule has 1 unspecified atom stereocenters. The van der Waals surface area contributed by atoms with Crippen LogP contribution in [-0.4, -0.2) is 60.6 Å². The van der Waals surface area contributed by atoms with Crippen molar-refractivity contribution in [3.63, 3.8) is 0 Å². The van der Waals surface area contributed by atoms with Crippen LogP contribution in [0.3, 0.4) is 0 Å². The maximum atomic E-state index is 13.6. The van der Waals surface area contributed by atoms with E-state index in [0.717, 1.165) is 0 Å². The molecule has 0 saturated carbocycles. The van der Waals surface area contributed by atoms with Crippen LogP contribution in [0.5, 0.6) is 0 Å². The molecule has 7 heteroatoms. The van der Waals surface area contributed by atoms with Crippen LogP contribution in [0.4, 0.5) is 14.9 Å². The van der Waals surface area contributed by atoms with E-state index in [1.807, 2.05) is 4.90 Å². The Morgan fingerprint density at radius 1 is 1.29 bits per heavy atom. The Morgan fingerprint density at radius 3 is 2.54 bits per heavy atom. The molecular formula is C17H24FN3O3. The Bertz CT molecular complexity index is 601. The van der Waals surface area contributed by atoms with E-state index in [1.165, 1.54) is 6.07 Å². The monoisotopic (exact) mass is 337 g/mol. The van der Waals surface area contributed by atoms with Gasteiger partial charge < -0.3 is 15.0 Å². The van der Waals surface area contributed by atoms with Crippen molar-refractivity contribution in [2.45, 2.75) is 26.8 Å². The Morgan fingerprint density at radius 2 is 1.96 bits per heavy atom. The minimum atomic E-state index is -0.362. The highest BCUT2D eigenvalue weighted by molar-refractivity contribution is 5.94. The van der Waals surface area contributed by atoms with Crippen molar-refractivity contribution in [2.24, 2.45) is 0 Å². The molecule has 0 radical (unpaired) electrons. The van der Waals surface area contributed by atoms with E-state index in [9.17, 15) is 14.0 Å². The number of hydrogen-bond acceptors (Lipinski definition) is 4. The number of carbonyl (C=O) groups is 2. The number of anilines is 1. The zero-order valence-corrected chi connectivity index (χ0v) is 14.3. The highest BCUT2D eigenvalue weighted by atomic mass is 19.1. The molecule has 0 spiro atoms. The first-order chi connectivity index (χ1) is 11.4. The second kappa shape index (κ2) is 8.10. The number of nitrogens with zero attached hydrogens (tertiary/aromatic N) is 2. The second-order valence-corrected chi connectivity index (χ2v) is 5.85. The van der Waals surface area contributed by atoms with Crippen molar-refractivity contribution in [1.82, 2.24) is 9.80 Å². The number of ether oxygens (including phenoxy) is 1. The lowest BCUT2D eigenvalue weighted by molar-refractivity contribution is -0.121. The van der Waals surface area contributed by atoms with Gasteiger partial charge in [-0.15, -0.1) is 0 Å². The minimum Gasteiger partial charge on any atom is -0.450 e.